The maximum atomic E-state index is 13.3. The number of aliphatic hydroxyl groups excluding tert-OH is 1. The zero-order chi connectivity index (χ0) is 50.1. The second-order valence-corrected chi connectivity index (χ2v) is 21.8. The third kappa shape index (κ3) is 28.1. The van der Waals surface area contributed by atoms with Crippen LogP contribution >= 0.6 is 10.0 Å². The van der Waals surface area contributed by atoms with Gasteiger partial charge in [-0.1, -0.05) is 111 Å². The number of fused-ring (bicyclic) bond motifs is 1. The van der Waals surface area contributed by atoms with Crippen molar-refractivity contribution >= 4 is 38.6 Å². The Hall–Kier alpha value is -5.50. The van der Waals surface area contributed by atoms with Crippen LogP contribution in [-0.4, -0.2) is 103 Å². The zero-order valence-corrected chi connectivity index (χ0v) is 42.3. The molecule has 65 heavy (non-hydrogen) atoms. The Morgan fingerprint density at radius 3 is 1.77 bits per heavy atom. The van der Waals surface area contributed by atoms with Gasteiger partial charge in [0.15, 0.2) is 6.29 Å². The maximum Gasteiger partial charge on any atom is 0.315 e. The molecule has 4 rings (SSSR count). The third-order valence-corrected chi connectivity index (χ3v) is 13.0. The minimum absolute atomic E-state index is 0.0515. The highest BCUT2D eigenvalue weighted by molar-refractivity contribution is 8.33. The number of benzene rings is 4. The number of nitrogens with one attached hydrogen (secondary N) is 3. The molecule has 4 aromatic carbocycles. The predicted octanol–water partition coefficient (Wildman–Crippen LogP) is 9.33. The molecule has 0 aliphatic rings. The largest absolute Gasteiger partial charge is 0.488 e. The molecule has 0 saturated heterocycles. The number of carbonyl (C=O) groups excluding carboxylic acids is 3. The summed E-state index contributed by atoms with van der Waals surface area (Å²) in [7, 11) is 0.660. The minimum atomic E-state index is -0.576. The van der Waals surface area contributed by atoms with Crippen LogP contribution in [0.15, 0.2) is 97.1 Å². The highest BCUT2D eigenvalue weighted by atomic mass is 32.3. The Morgan fingerprint density at radius 2 is 1.25 bits per heavy atom. The molecule has 0 aromatic heterocycles. The summed E-state index contributed by atoms with van der Waals surface area (Å²) in [6.45, 7) is 20.7. The van der Waals surface area contributed by atoms with Crippen molar-refractivity contribution < 1.29 is 33.7 Å². The number of carbonyl (C=O) groups is 3. The topological polar surface area (TPSA) is 138 Å². The van der Waals surface area contributed by atoms with Gasteiger partial charge in [-0.15, -0.1) is 25.7 Å². The van der Waals surface area contributed by atoms with Crippen molar-refractivity contribution in [1.29, 1.82) is 0 Å². The van der Waals surface area contributed by atoms with Gasteiger partial charge in [0.05, 0.1) is 13.1 Å². The van der Waals surface area contributed by atoms with Gasteiger partial charge in [0.2, 0.25) is 11.8 Å². The van der Waals surface area contributed by atoms with Crippen LogP contribution in [-0.2, 0) is 32.2 Å². The van der Waals surface area contributed by atoms with Crippen molar-refractivity contribution in [2.75, 3.05) is 58.7 Å². The lowest BCUT2D eigenvalue weighted by molar-refractivity contribution is -0.159. The minimum Gasteiger partial charge on any atom is -0.488 e. The molecule has 0 fully saturated rings. The predicted molar refractivity (Wildman–Crippen MR) is 275 cm³/mol. The monoisotopic (exact) mass is 917 g/mol. The Labute approximate surface area is 394 Å². The van der Waals surface area contributed by atoms with E-state index in [1.807, 2.05) is 120 Å². The molecule has 0 aliphatic heterocycles. The Kier molecular flexibility index (Phi) is 32.1. The Bertz CT molecular complexity index is 1900. The van der Waals surface area contributed by atoms with Crippen LogP contribution in [0.3, 0.4) is 0 Å². The van der Waals surface area contributed by atoms with Gasteiger partial charge in [0.25, 0.3) is 0 Å². The molecule has 0 unspecified atom stereocenters. The highest BCUT2D eigenvalue weighted by Crippen LogP contribution is 2.48. The van der Waals surface area contributed by atoms with Crippen LogP contribution in [0, 0.1) is 32.6 Å². The summed E-state index contributed by atoms with van der Waals surface area (Å²) in [5, 5.41) is 17.2. The smallest absolute Gasteiger partial charge is 0.315 e. The first kappa shape index (κ1) is 61.6. The van der Waals surface area contributed by atoms with Gasteiger partial charge in [0, 0.05) is 46.4 Å². The maximum absolute atomic E-state index is 13.3. The first-order valence-electron chi connectivity index (χ1n) is 21.6. The van der Waals surface area contributed by atoms with E-state index < -0.39 is 6.29 Å². The molecule has 4 N–H and O–H groups in total. The molecule has 360 valence electrons. The number of ether oxygens (including phenoxy) is 3. The molecule has 4 aromatic rings. The summed E-state index contributed by atoms with van der Waals surface area (Å²) < 4.78 is 17.6. The number of nitrogens with zero attached hydrogens (tertiary/aromatic N) is 1. The fraction of sp³-hybridized carbons (Fsp3) is 0.453. The summed E-state index contributed by atoms with van der Waals surface area (Å²) in [5.74, 6) is 0.352. The molecule has 0 heterocycles. The molecule has 4 amide bonds. The highest BCUT2D eigenvalue weighted by Gasteiger charge is 2.23. The normalized spacial score (nSPS) is 10.8. The standard InChI is InChI=1S/C30H38N4O5.C11H16O.C7H18S.2C2H2.CH4O/c1-3-38-29(39-4-2)22-34(21-25-15-10-14-24-13-8-9-16-26(24)25)28(36)20-32-27(35)17-18-31-30(37)33-19-23-11-6-5-7-12-23;1-9-5-7-10(8-6-9)12-11(2,3)4;1-7(2,3)8(4,5)6;3*1-2/h5-16,29H,3-4,17-22H2,1-2H3,(H,32,35)(H2,31,33,37);5-8H,1-4H3;1-6H3;2*1-2H;2H,1H3. The molecule has 0 saturated carbocycles. The molecule has 11 nitrogen and oxygen atoms in total. The summed E-state index contributed by atoms with van der Waals surface area (Å²) in [6.07, 6.45) is 22.5. The Morgan fingerprint density at radius 1 is 0.723 bits per heavy atom. The number of hydrogen-bond donors (Lipinski definition) is 4. The first-order valence-corrected chi connectivity index (χ1v) is 24.4. The molecule has 0 radical (unpaired) electrons. The van der Waals surface area contributed by atoms with Crippen molar-refractivity contribution in [3.63, 3.8) is 0 Å². The van der Waals surface area contributed by atoms with Crippen LogP contribution in [0.25, 0.3) is 10.8 Å². The van der Waals surface area contributed by atoms with E-state index in [9.17, 15) is 14.4 Å². The van der Waals surface area contributed by atoms with Gasteiger partial charge < -0.3 is 40.2 Å². The van der Waals surface area contributed by atoms with E-state index in [1.54, 1.807) is 4.90 Å². The van der Waals surface area contributed by atoms with Gasteiger partial charge in [-0.3, -0.25) is 9.59 Å². The fourth-order valence-corrected chi connectivity index (χ4v) is 5.06. The number of amides is 4. The second kappa shape index (κ2) is 33.9. The van der Waals surface area contributed by atoms with Gasteiger partial charge >= 0.3 is 6.03 Å². The molecule has 0 aliphatic carbocycles. The number of hydrogen-bond acceptors (Lipinski definition) is 7. The lowest BCUT2D eigenvalue weighted by Crippen LogP contribution is -2.45. The number of terminal acetylenes is 2. The molecular weight excluding hydrogens is 837 g/mol. The molecule has 0 spiro atoms. The summed E-state index contributed by atoms with van der Waals surface area (Å²) >= 11 is 0. The summed E-state index contributed by atoms with van der Waals surface area (Å²) in [5.41, 5.74) is 3.13. The number of aryl methyl sites for hydroxylation is 1. The van der Waals surface area contributed by atoms with Gasteiger partial charge in [-0.2, -0.15) is 0 Å². The number of aliphatic hydroxyl groups is 1. The van der Waals surface area contributed by atoms with E-state index in [0.717, 1.165) is 34.8 Å². The van der Waals surface area contributed by atoms with Crippen LogP contribution < -0.4 is 20.7 Å². The zero-order valence-electron chi connectivity index (χ0n) is 41.5. The quantitative estimate of drug-likeness (QED) is 0.0650. The summed E-state index contributed by atoms with van der Waals surface area (Å²) in [4.78, 5) is 39.3. The fourth-order valence-electron chi connectivity index (χ4n) is 5.06. The second-order valence-electron chi connectivity index (χ2n) is 16.9. The Balaban J connectivity index is 0. The number of urea groups is 1. The molecular formula is C53H80N4O7S. The van der Waals surface area contributed by atoms with Gasteiger partial charge in [-0.05, 0) is 99.1 Å². The van der Waals surface area contributed by atoms with Crippen molar-refractivity contribution in [2.24, 2.45) is 0 Å². The van der Waals surface area contributed by atoms with E-state index >= 15 is 0 Å². The lowest BCUT2D eigenvalue weighted by Gasteiger charge is -2.40. The van der Waals surface area contributed by atoms with E-state index in [0.29, 0.717) is 31.1 Å². The summed E-state index contributed by atoms with van der Waals surface area (Å²) in [6, 6.07) is 31.3. The average molecular weight is 917 g/mol. The number of rotatable bonds is 16. The lowest BCUT2D eigenvalue weighted by atomic mass is 10.0. The van der Waals surface area contributed by atoms with Crippen LogP contribution in [0.4, 0.5) is 4.79 Å². The van der Waals surface area contributed by atoms with E-state index in [-0.39, 0.29) is 59.5 Å². The van der Waals surface area contributed by atoms with Crippen LogP contribution in [0.2, 0.25) is 0 Å². The van der Waals surface area contributed by atoms with Crippen LogP contribution in [0.1, 0.15) is 78.5 Å². The van der Waals surface area contributed by atoms with E-state index in [1.165, 1.54) is 5.56 Å². The van der Waals surface area contributed by atoms with Crippen LogP contribution in [0.5, 0.6) is 5.75 Å². The third-order valence-electron chi connectivity index (χ3n) is 9.32. The van der Waals surface area contributed by atoms with Crippen molar-refractivity contribution in [3.8, 4) is 31.4 Å². The van der Waals surface area contributed by atoms with Crippen molar-refractivity contribution in [1.82, 2.24) is 20.9 Å². The molecule has 0 bridgehead atoms. The van der Waals surface area contributed by atoms with E-state index in [4.69, 9.17) is 19.3 Å². The first-order chi connectivity index (χ1) is 30.7. The SMILES string of the molecule is C#C.C#C.CC(C)(C)S(C)(C)C.CCOC(CN(Cc1cccc2ccccc12)C(=O)CNC(=O)CCNC(=O)NCc1ccccc1)OCC.CO.Cc1ccc(OC(C)(C)C)cc1. The average Bonchev–Trinajstić information content (AvgIpc) is 3.27. The van der Waals surface area contributed by atoms with Crippen molar-refractivity contribution in [3.05, 3.63) is 114 Å². The van der Waals surface area contributed by atoms with Crippen molar-refractivity contribution in [2.45, 2.75) is 98.5 Å². The van der Waals surface area contributed by atoms with Gasteiger partial charge in [-0.25, -0.2) is 14.8 Å². The van der Waals surface area contributed by atoms with E-state index in [2.05, 4.69) is 100 Å². The molecule has 0 atom stereocenters. The van der Waals surface area contributed by atoms with Gasteiger partial charge in [0.1, 0.15) is 11.4 Å². The molecule has 12 heteroatoms.